The van der Waals surface area contributed by atoms with Crippen LogP contribution in [0.3, 0.4) is 0 Å². The molecule has 0 saturated heterocycles. The van der Waals surface area contributed by atoms with E-state index in [4.69, 9.17) is 4.52 Å². The average molecular weight is 171 g/mol. The third kappa shape index (κ3) is 0.823. The Morgan fingerprint density at radius 2 is 2.15 bits per heavy atom. The quantitative estimate of drug-likeness (QED) is 0.517. The number of hydrogen-bond donors (Lipinski definition) is 0. The van der Waals surface area contributed by atoms with Crippen LogP contribution in [0.2, 0.25) is 0 Å². The maximum atomic E-state index is 4.77. The summed E-state index contributed by atoms with van der Waals surface area (Å²) in [6.07, 6.45) is 3.34. The summed E-state index contributed by atoms with van der Waals surface area (Å²) >= 11 is 0. The molecule has 2 heterocycles. The molecular weight excluding hydrogens is 166 g/mol. The van der Waals surface area contributed by atoms with Crippen molar-refractivity contribution in [2.45, 2.75) is 0 Å². The fourth-order valence-electron chi connectivity index (χ4n) is 1.43. The minimum atomic E-state index is 0.803. The molecule has 0 fully saturated rings. The number of fused-ring (bicyclic) bond motifs is 3. The molecule has 0 bridgehead atoms. The zero-order valence-electron chi connectivity index (χ0n) is 6.64. The van der Waals surface area contributed by atoms with E-state index >= 15 is 0 Å². The highest BCUT2D eigenvalue weighted by Crippen LogP contribution is 2.21. The molecule has 0 aliphatic heterocycles. The summed E-state index contributed by atoms with van der Waals surface area (Å²) < 4.78 is 4.77. The Morgan fingerprint density at radius 3 is 3.15 bits per heavy atom. The van der Waals surface area contributed by atoms with Gasteiger partial charge in [0.1, 0.15) is 11.8 Å². The van der Waals surface area contributed by atoms with E-state index in [0.717, 1.165) is 21.8 Å². The van der Waals surface area contributed by atoms with Crippen molar-refractivity contribution in [1.29, 1.82) is 0 Å². The minimum absolute atomic E-state index is 0.803. The van der Waals surface area contributed by atoms with Gasteiger partial charge in [0.15, 0.2) is 0 Å². The molecule has 0 saturated carbocycles. The molecule has 2 aromatic heterocycles. The van der Waals surface area contributed by atoms with Crippen molar-refractivity contribution in [3.05, 3.63) is 30.7 Å². The van der Waals surface area contributed by atoms with E-state index < -0.39 is 0 Å². The number of rotatable bonds is 0. The first kappa shape index (κ1) is 6.54. The number of nitrogens with zero attached hydrogens (tertiary/aromatic N) is 3. The molecule has 3 rings (SSSR count). The van der Waals surface area contributed by atoms with Gasteiger partial charge < -0.3 is 4.52 Å². The Hall–Kier alpha value is -1.97. The first-order valence-electron chi connectivity index (χ1n) is 3.90. The van der Waals surface area contributed by atoms with Gasteiger partial charge >= 0.3 is 0 Å². The lowest BCUT2D eigenvalue weighted by molar-refractivity contribution is 0.369. The number of aromatic nitrogens is 3. The Kier molecular flexibility index (Phi) is 1.14. The van der Waals surface area contributed by atoms with Crippen molar-refractivity contribution >= 4 is 21.8 Å². The van der Waals surface area contributed by atoms with Crippen LogP contribution in [0.1, 0.15) is 0 Å². The van der Waals surface area contributed by atoms with Gasteiger partial charge in [-0.2, -0.15) is 0 Å². The minimum Gasteiger partial charge on any atom is -0.346 e. The molecule has 0 amide bonds. The summed E-state index contributed by atoms with van der Waals surface area (Å²) in [6, 6.07) is 5.83. The Bertz CT molecular complexity index is 573. The molecule has 0 unspecified atom stereocenters. The lowest BCUT2D eigenvalue weighted by Gasteiger charge is -1.93. The smallest absolute Gasteiger partial charge is 0.135 e. The predicted octanol–water partition coefficient (Wildman–Crippen LogP) is 1.77. The fraction of sp³-hybridized carbons (Fsp3) is 0. The molecule has 0 N–H and O–H groups in total. The Labute approximate surface area is 73.2 Å². The van der Waals surface area contributed by atoms with Crippen LogP contribution in [-0.4, -0.2) is 15.4 Å². The predicted molar refractivity (Wildman–Crippen MR) is 47.1 cm³/mol. The molecule has 62 valence electrons. The van der Waals surface area contributed by atoms with Gasteiger partial charge in [-0.25, -0.2) is 0 Å². The second-order valence-electron chi connectivity index (χ2n) is 2.79. The van der Waals surface area contributed by atoms with Crippen LogP contribution in [0.25, 0.3) is 21.8 Å². The van der Waals surface area contributed by atoms with Gasteiger partial charge in [0, 0.05) is 16.9 Å². The molecule has 0 aliphatic carbocycles. The Balaban J connectivity index is 2.65. The number of benzene rings is 1. The molecular formula is C9H5N3O. The molecule has 1 aromatic carbocycles. The highest BCUT2D eigenvalue weighted by molar-refractivity contribution is 6.03. The van der Waals surface area contributed by atoms with Gasteiger partial charge in [-0.1, -0.05) is 6.07 Å². The van der Waals surface area contributed by atoms with Crippen LogP contribution >= 0.6 is 0 Å². The summed E-state index contributed by atoms with van der Waals surface area (Å²) in [5, 5.41) is 9.30. The van der Waals surface area contributed by atoms with E-state index in [1.54, 1.807) is 12.5 Å². The van der Waals surface area contributed by atoms with Gasteiger partial charge in [0.2, 0.25) is 0 Å². The van der Waals surface area contributed by atoms with E-state index in [1.165, 1.54) is 0 Å². The highest BCUT2D eigenvalue weighted by atomic mass is 16.5. The van der Waals surface area contributed by atoms with Crippen molar-refractivity contribution in [3.63, 3.8) is 0 Å². The Morgan fingerprint density at radius 1 is 1.15 bits per heavy atom. The van der Waals surface area contributed by atoms with Crippen molar-refractivity contribution in [2.75, 3.05) is 0 Å². The normalized spacial score (nSPS) is 11.1. The molecule has 0 atom stereocenters. The largest absolute Gasteiger partial charge is 0.346 e. The van der Waals surface area contributed by atoms with Gasteiger partial charge in [-0.05, 0) is 12.1 Å². The van der Waals surface area contributed by atoms with E-state index in [1.807, 2.05) is 18.2 Å². The van der Waals surface area contributed by atoms with E-state index in [0.29, 0.717) is 0 Å². The monoisotopic (exact) mass is 171 g/mol. The second-order valence-corrected chi connectivity index (χ2v) is 2.79. The lowest BCUT2D eigenvalue weighted by Crippen LogP contribution is -1.82. The van der Waals surface area contributed by atoms with E-state index in [-0.39, 0.29) is 0 Å². The van der Waals surface area contributed by atoms with Crippen molar-refractivity contribution < 1.29 is 4.52 Å². The molecule has 0 spiro atoms. The molecule has 4 heteroatoms. The second kappa shape index (κ2) is 2.26. The van der Waals surface area contributed by atoms with Gasteiger partial charge in [0.05, 0.1) is 10.9 Å². The van der Waals surface area contributed by atoms with Gasteiger partial charge in [-0.3, -0.25) is 4.98 Å². The van der Waals surface area contributed by atoms with E-state index in [9.17, 15) is 0 Å². The maximum absolute atomic E-state index is 4.77. The summed E-state index contributed by atoms with van der Waals surface area (Å²) in [5.74, 6) is 0. The first-order valence-corrected chi connectivity index (χ1v) is 3.90. The molecule has 3 aromatic rings. The lowest BCUT2D eigenvalue weighted by atomic mass is 10.2. The van der Waals surface area contributed by atoms with Crippen LogP contribution in [0, 0.1) is 0 Å². The first-order chi connectivity index (χ1) is 6.45. The van der Waals surface area contributed by atoms with Crippen LogP contribution < -0.4 is 0 Å². The number of hydrogen-bond acceptors (Lipinski definition) is 4. The van der Waals surface area contributed by atoms with Crippen LogP contribution in [0.15, 0.2) is 35.2 Å². The molecule has 0 radical (unpaired) electrons. The van der Waals surface area contributed by atoms with Crippen molar-refractivity contribution in [1.82, 2.24) is 15.4 Å². The maximum Gasteiger partial charge on any atom is 0.135 e. The molecule has 13 heavy (non-hydrogen) atoms. The van der Waals surface area contributed by atoms with Crippen molar-refractivity contribution in [2.24, 2.45) is 0 Å². The third-order valence-corrected chi connectivity index (χ3v) is 2.05. The SMILES string of the molecule is c1cc2ccc3nnocc3c2n1. The van der Waals surface area contributed by atoms with Crippen LogP contribution in [0.5, 0.6) is 0 Å². The van der Waals surface area contributed by atoms with Crippen LogP contribution in [-0.2, 0) is 0 Å². The van der Waals surface area contributed by atoms with Crippen molar-refractivity contribution in [3.8, 4) is 0 Å². The summed E-state index contributed by atoms with van der Waals surface area (Å²) in [6.45, 7) is 0. The highest BCUT2D eigenvalue weighted by Gasteiger charge is 2.02. The zero-order valence-corrected chi connectivity index (χ0v) is 6.64. The van der Waals surface area contributed by atoms with Crippen LogP contribution in [0.4, 0.5) is 0 Å². The zero-order chi connectivity index (χ0) is 8.67. The fourth-order valence-corrected chi connectivity index (χ4v) is 1.43. The van der Waals surface area contributed by atoms with Gasteiger partial charge in [0.25, 0.3) is 0 Å². The molecule has 0 aliphatic rings. The summed E-state index contributed by atoms with van der Waals surface area (Å²) in [4.78, 5) is 4.22. The van der Waals surface area contributed by atoms with Gasteiger partial charge in [-0.15, -0.1) is 5.10 Å². The summed E-state index contributed by atoms with van der Waals surface area (Å²) in [5.41, 5.74) is 1.72. The standard InChI is InChI=1S/C9H5N3O/c1-2-8-7(5-13-12-11-8)9-6(1)3-4-10-9/h1-5H. The third-order valence-electron chi connectivity index (χ3n) is 2.05. The topological polar surface area (TPSA) is 51.8 Å². The average Bonchev–Trinajstić information content (AvgIpc) is 2.65. The molecule has 4 nitrogen and oxygen atoms in total. The summed E-state index contributed by atoms with van der Waals surface area (Å²) in [7, 11) is 0. The van der Waals surface area contributed by atoms with E-state index in [2.05, 4.69) is 15.4 Å².